The summed E-state index contributed by atoms with van der Waals surface area (Å²) in [4.78, 5) is 42.4. The number of benzene rings is 2. The third-order valence-corrected chi connectivity index (χ3v) is 9.51. The third kappa shape index (κ3) is 8.24. The quantitative estimate of drug-likeness (QED) is 0.0782. The largest absolute Gasteiger partial charge is 0.409 e. The number of hydrogen-bond donors (Lipinski definition) is 1. The molecular formula is C30H36N5O7S2+. The molecular weight excluding hydrogens is 606 g/mol. The van der Waals surface area contributed by atoms with Gasteiger partial charge < -0.3 is 9.74 Å². The van der Waals surface area contributed by atoms with Gasteiger partial charge in [-0.3, -0.25) is 14.1 Å². The fourth-order valence-corrected chi connectivity index (χ4v) is 7.08. The number of azo groups is 1. The molecule has 0 bridgehead atoms. The van der Waals surface area contributed by atoms with E-state index in [0.717, 1.165) is 42.3 Å². The summed E-state index contributed by atoms with van der Waals surface area (Å²) in [5.41, 5.74) is 4.26. The van der Waals surface area contributed by atoms with Gasteiger partial charge in [-0.1, -0.05) is 18.6 Å². The second-order valence-corrected chi connectivity index (χ2v) is 13.5. The standard InChI is InChI=1S/C30H35N5O7S2/c36-26-16-17-27(37)35(26)42-28(38)11-2-1-3-18-33(19-4-5-21-44(39,40)41)24-14-12-23(13-15-24)31-32-30-34-20-7-9-22-8-6-10-25(43-30)29(22)34/h6,8,10,12-15H,1-5,7,9,11,16-21H2/p+1. The van der Waals surface area contributed by atoms with E-state index in [4.69, 9.17) is 9.39 Å². The van der Waals surface area contributed by atoms with Crippen LogP contribution in [0, 0.1) is 0 Å². The average molecular weight is 643 g/mol. The third-order valence-electron chi connectivity index (χ3n) is 7.67. The number of aryl methyl sites for hydroxylation is 2. The van der Waals surface area contributed by atoms with Crippen molar-refractivity contribution in [2.24, 2.45) is 10.2 Å². The van der Waals surface area contributed by atoms with E-state index in [1.807, 2.05) is 24.3 Å². The molecule has 0 aliphatic carbocycles. The van der Waals surface area contributed by atoms with Gasteiger partial charge in [-0.2, -0.15) is 8.42 Å². The second kappa shape index (κ2) is 14.4. The molecule has 0 unspecified atom stereocenters. The SMILES string of the molecule is O=C(CCCCCN(CCCCS(=O)(=O)O)c1ccc(N=Nc2sc3cccc4c3[n+]2CCC4)cc1)ON1C(=O)CCC1=O. The van der Waals surface area contributed by atoms with Crippen LogP contribution in [0.5, 0.6) is 0 Å². The number of rotatable bonds is 15. The highest BCUT2D eigenvalue weighted by Gasteiger charge is 2.32. The number of unbranched alkanes of at least 4 members (excludes halogenated alkanes) is 3. The summed E-state index contributed by atoms with van der Waals surface area (Å²) in [5.74, 6) is -1.89. The van der Waals surface area contributed by atoms with E-state index in [1.54, 1.807) is 11.3 Å². The fourth-order valence-electron chi connectivity index (χ4n) is 5.46. The summed E-state index contributed by atoms with van der Waals surface area (Å²) in [6.45, 7) is 2.17. The van der Waals surface area contributed by atoms with Crippen LogP contribution in [0.2, 0.25) is 0 Å². The molecule has 234 valence electrons. The van der Waals surface area contributed by atoms with Gasteiger partial charge >= 0.3 is 11.1 Å². The van der Waals surface area contributed by atoms with E-state index in [1.165, 1.54) is 15.8 Å². The Balaban J connectivity index is 1.16. The number of hydroxylamine groups is 2. The Morgan fingerprint density at radius 2 is 1.68 bits per heavy atom. The molecule has 0 atom stereocenters. The Bertz CT molecular complexity index is 1640. The number of carbonyl (C=O) groups excluding carboxylic acids is 3. The lowest BCUT2D eigenvalue weighted by molar-refractivity contribution is -0.658. The number of amides is 2. The van der Waals surface area contributed by atoms with Crippen molar-refractivity contribution in [1.82, 2.24) is 5.06 Å². The van der Waals surface area contributed by atoms with Crippen LogP contribution in [0.4, 0.5) is 16.5 Å². The normalized spacial score (nSPS) is 15.1. The predicted molar refractivity (Wildman–Crippen MR) is 164 cm³/mol. The van der Waals surface area contributed by atoms with Crippen LogP contribution >= 0.6 is 11.3 Å². The van der Waals surface area contributed by atoms with E-state index < -0.39 is 27.9 Å². The van der Waals surface area contributed by atoms with E-state index in [2.05, 4.69) is 37.9 Å². The zero-order valence-corrected chi connectivity index (χ0v) is 26.0. The van der Waals surface area contributed by atoms with Crippen molar-refractivity contribution in [3.8, 4) is 0 Å². The van der Waals surface area contributed by atoms with Crippen LogP contribution in [-0.2, 0) is 42.3 Å². The molecule has 3 aromatic rings. The average Bonchev–Trinajstić information content (AvgIpc) is 3.52. The molecule has 1 saturated heterocycles. The fraction of sp³-hybridized carbons (Fsp3) is 0.467. The van der Waals surface area contributed by atoms with Crippen molar-refractivity contribution in [2.45, 2.75) is 70.8 Å². The number of aromatic nitrogens is 1. The molecule has 0 saturated carbocycles. The Kier molecular flexibility index (Phi) is 10.3. The Morgan fingerprint density at radius 1 is 0.955 bits per heavy atom. The summed E-state index contributed by atoms with van der Waals surface area (Å²) < 4.78 is 34.8. The number of hydrogen-bond acceptors (Lipinski definition) is 10. The zero-order chi connectivity index (χ0) is 31.1. The van der Waals surface area contributed by atoms with Crippen molar-refractivity contribution >= 4 is 66.0 Å². The van der Waals surface area contributed by atoms with Crippen molar-refractivity contribution in [3.63, 3.8) is 0 Å². The predicted octanol–water partition coefficient (Wildman–Crippen LogP) is 5.19. The van der Waals surface area contributed by atoms with Crippen LogP contribution in [0.1, 0.15) is 63.4 Å². The highest BCUT2D eigenvalue weighted by Crippen LogP contribution is 2.32. The Labute approximate surface area is 260 Å². The van der Waals surface area contributed by atoms with Crippen molar-refractivity contribution in [1.29, 1.82) is 0 Å². The number of thiazole rings is 1. The number of para-hydroxylation sites is 1. The summed E-state index contributed by atoms with van der Waals surface area (Å²) in [7, 11) is -4.01. The molecule has 3 heterocycles. The van der Waals surface area contributed by atoms with E-state index in [9.17, 15) is 22.8 Å². The highest BCUT2D eigenvalue weighted by atomic mass is 32.2. The first-order valence-corrected chi connectivity index (χ1v) is 17.3. The van der Waals surface area contributed by atoms with E-state index in [0.29, 0.717) is 43.8 Å². The molecule has 0 radical (unpaired) electrons. The zero-order valence-electron chi connectivity index (χ0n) is 24.4. The molecule has 1 N–H and O–H groups in total. The molecule has 5 rings (SSSR count). The van der Waals surface area contributed by atoms with Gasteiger partial charge in [-0.05, 0) is 85.3 Å². The first kappa shape index (κ1) is 31.7. The van der Waals surface area contributed by atoms with Crippen LogP contribution in [-0.4, -0.2) is 54.7 Å². The second-order valence-electron chi connectivity index (χ2n) is 11.0. The van der Waals surface area contributed by atoms with Gasteiger partial charge in [-0.15, -0.1) is 5.06 Å². The topological polar surface area (TPSA) is 150 Å². The maximum absolute atomic E-state index is 12.1. The van der Waals surface area contributed by atoms with Crippen LogP contribution in [0.3, 0.4) is 0 Å². The Morgan fingerprint density at radius 3 is 2.41 bits per heavy atom. The number of nitrogens with zero attached hydrogens (tertiary/aromatic N) is 5. The maximum atomic E-state index is 12.1. The summed E-state index contributed by atoms with van der Waals surface area (Å²) in [6.07, 6.45) is 5.26. The van der Waals surface area contributed by atoms with Crippen LogP contribution < -0.4 is 9.47 Å². The summed E-state index contributed by atoms with van der Waals surface area (Å²) in [6, 6.07) is 14.1. The molecule has 2 aromatic carbocycles. The van der Waals surface area contributed by atoms with E-state index in [-0.39, 0.29) is 25.0 Å². The van der Waals surface area contributed by atoms with Crippen LogP contribution in [0.15, 0.2) is 52.7 Å². The Hall–Kier alpha value is -3.75. The monoisotopic (exact) mass is 642 g/mol. The molecule has 2 aliphatic heterocycles. The minimum atomic E-state index is -4.01. The molecule has 1 fully saturated rings. The lowest BCUT2D eigenvalue weighted by atomic mass is 10.1. The van der Waals surface area contributed by atoms with Gasteiger partial charge in [0.05, 0.1) is 22.1 Å². The molecule has 1 aromatic heterocycles. The van der Waals surface area contributed by atoms with Gasteiger partial charge in [0.15, 0.2) is 0 Å². The van der Waals surface area contributed by atoms with Gasteiger partial charge in [0.1, 0.15) is 11.2 Å². The van der Waals surface area contributed by atoms with E-state index >= 15 is 0 Å². The molecule has 2 aliphatic rings. The van der Waals surface area contributed by atoms with Gasteiger partial charge in [0.25, 0.3) is 21.9 Å². The lowest BCUT2D eigenvalue weighted by Crippen LogP contribution is -2.36. The molecule has 12 nitrogen and oxygen atoms in total. The van der Waals surface area contributed by atoms with Crippen molar-refractivity contribution < 1.29 is 36.8 Å². The lowest BCUT2D eigenvalue weighted by Gasteiger charge is -2.25. The molecule has 2 amide bonds. The first-order chi connectivity index (χ1) is 21.2. The minimum Gasteiger partial charge on any atom is -0.372 e. The van der Waals surface area contributed by atoms with Crippen LogP contribution in [0.25, 0.3) is 10.2 Å². The summed E-state index contributed by atoms with van der Waals surface area (Å²) in [5, 5.41) is 10.5. The number of carbonyl (C=O) groups is 3. The highest BCUT2D eigenvalue weighted by molar-refractivity contribution is 7.85. The van der Waals surface area contributed by atoms with Gasteiger partial charge in [0.2, 0.25) is 0 Å². The molecule has 0 spiro atoms. The first-order valence-electron chi connectivity index (χ1n) is 14.9. The molecule has 14 heteroatoms. The van der Waals surface area contributed by atoms with Gasteiger partial charge in [-0.25, -0.2) is 9.36 Å². The number of imide groups is 1. The molecule has 44 heavy (non-hydrogen) atoms. The smallest absolute Gasteiger partial charge is 0.372 e. The van der Waals surface area contributed by atoms with Crippen molar-refractivity contribution in [3.05, 3.63) is 48.0 Å². The minimum absolute atomic E-state index is 0.0583. The maximum Gasteiger partial charge on any atom is 0.409 e. The van der Waals surface area contributed by atoms with Crippen molar-refractivity contribution in [2.75, 3.05) is 23.7 Å². The van der Waals surface area contributed by atoms with Gasteiger partial charge in [0, 0.05) is 43.6 Å². The summed E-state index contributed by atoms with van der Waals surface area (Å²) >= 11 is 1.64. The number of anilines is 1.